The number of anilines is 2. The summed E-state index contributed by atoms with van der Waals surface area (Å²) < 4.78 is 130. The average molecular weight is 707 g/mol. The van der Waals surface area contributed by atoms with Crippen molar-refractivity contribution in [3.8, 4) is 0 Å². The van der Waals surface area contributed by atoms with Crippen LogP contribution in [0, 0.1) is 11.8 Å². The molecule has 1 aliphatic heterocycles. The van der Waals surface area contributed by atoms with Gasteiger partial charge in [0.15, 0.2) is 5.54 Å². The van der Waals surface area contributed by atoms with Crippen LogP contribution < -0.4 is 9.80 Å². The number of alkyl halides is 9. The van der Waals surface area contributed by atoms with Gasteiger partial charge in [0.2, 0.25) is 5.91 Å². The number of benzene rings is 2. The number of rotatable bonds is 7. The number of para-hydroxylation sites is 1. The van der Waals surface area contributed by atoms with Gasteiger partial charge in [-0.1, -0.05) is 30.2 Å². The van der Waals surface area contributed by atoms with E-state index in [1.807, 2.05) is 0 Å². The standard InChI is InChI=1S/C31H31F9N6O3/c1-3-22-15-28(31(38,39)40,23-6-4-5-7-24(23)46(22)25(47)18-8-10-19(11-9-18)26(48)49)45(27-41-43-44(2)42-27)16-17-12-20(29(32,33)34)14-21(13-17)30(35,36)37/h4-7,12-14,18-19,22H,3,8-11,15-16H2,1-2H3,(H,48,49)/t18-,19-,22-,28?/m1/s1. The van der Waals surface area contributed by atoms with E-state index >= 15 is 13.2 Å². The molecule has 18 heteroatoms. The normalized spacial score (nSPS) is 23.2. The Morgan fingerprint density at radius 1 is 0.918 bits per heavy atom. The molecule has 1 saturated carbocycles. The number of tetrazole rings is 1. The van der Waals surface area contributed by atoms with Gasteiger partial charge in [-0.3, -0.25) is 9.59 Å². The molecule has 5 rings (SSSR count). The van der Waals surface area contributed by atoms with E-state index in [1.165, 1.54) is 30.1 Å². The fourth-order valence-corrected chi connectivity index (χ4v) is 6.91. The first-order valence-corrected chi connectivity index (χ1v) is 15.3. The van der Waals surface area contributed by atoms with Crippen molar-refractivity contribution in [1.82, 2.24) is 20.2 Å². The van der Waals surface area contributed by atoms with Crippen LogP contribution in [-0.2, 0) is 41.1 Å². The van der Waals surface area contributed by atoms with Gasteiger partial charge < -0.3 is 14.9 Å². The quantitative estimate of drug-likeness (QED) is 0.261. The lowest BCUT2D eigenvalue weighted by Gasteiger charge is -2.53. The van der Waals surface area contributed by atoms with Crippen LogP contribution in [0.1, 0.15) is 67.7 Å². The number of aryl methyl sites for hydroxylation is 1. The SMILES string of the molecule is CC[C@@H]1CC(N(Cc2cc(C(F)(F)F)cc(C(F)(F)F)c2)c2nnn(C)n2)(C(F)(F)F)c2ccccc2N1C(=O)[C@H]1CC[C@H](C(=O)O)CC1. The summed E-state index contributed by atoms with van der Waals surface area (Å²) in [5, 5.41) is 20.6. The number of carbonyl (C=O) groups excluding carboxylic acids is 1. The zero-order valence-corrected chi connectivity index (χ0v) is 26.1. The highest BCUT2D eigenvalue weighted by Crippen LogP contribution is 2.56. The smallest absolute Gasteiger partial charge is 0.416 e. The lowest BCUT2D eigenvalue weighted by atomic mass is 9.74. The van der Waals surface area contributed by atoms with Crippen LogP contribution >= 0.6 is 0 Å². The largest absolute Gasteiger partial charge is 0.481 e. The summed E-state index contributed by atoms with van der Waals surface area (Å²) in [6.45, 7) is 0.394. The highest BCUT2D eigenvalue weighted by atomic mass is 19.4. The maximum Gasteiger partial charge on any atom is 0.416 e. The van der Waals surface area contributed by atoms with Crippen molar-refractivity contribution in [3.63, 3.8) is 0 Å². The molecule has 9 nitrogen and oxygen atoms in total. The van der Waals surface area contributed by atoms with Gasteiger partial charge in [-0.2, -0.15) is 44.3 Å². The maximum atomic E-state index is 15.9. The van der Waals surface area contributed by atoms with Crippen LogP contribution in [0.3, 0.4) is 0 Å². The molecule has 2 aliphatic rings. The van der Waals surface area contributed by atoms with Crippen molar-refractivity contribution in [2.45, 2.75) is 82.1 Å². The van der Waals surface area contributed by atoms with Crippen LogP contribution in [0.25, 0.3) is 0 Å². The topological polar surface area (TPSA) is 104 Å². The Hall–Kier alpha value is -4.38. The number of amides is 1. The molecule has 3 aromatic rings. The van der Waals surface area contributed by atoms with Gasteiger partial charge in [0.1, 0.15) is 0 Å². The summed E-state index contributed by atoms with van der Waals surface area (Å²) in [4.78, 5) is 28.1. The molecule has 1 amide bonds. The van der Waals surface area contributed by atoms with E-state index in [1.54, 1.807) is 6.92 Å². The molecule has 1 aromatic heterocycles. The Kier molecular flexibility index (Phi) is 9.40. The Morgan fingerprint density at radius 3 is 1.98 bits per heavy atom. The molecule has 0 bridgehead atoms. The molecule has 266 valence electrons. The van der Waals surface area contributed by atoms with Crippen molar-refractivity contribution >= 4 is 23.5 Å². The molecular weight excluding hydrogens is 675 g/mol. The van der Waals surface area contributed by atoms with Crippen molar-refractivity contribution in [2.75, 3.05) is 9.80 Å². The van der Waals surface area contributed by atoms with Gasteiger partial charge in [-0.25, -0.2) is 0 Å². The van der Waals surface area contributed by atoms with Crippen LogP contribution in [0.4, 0.5) is 51.1 Å². The second-order valence-corrected chi connectivity index (χ2v) is 12.3. The number of aromatic nitrogens is 4. The summed E-state index contributed by atoms with van der Waals surface area (Å²) in [7, 11) is 1.23. The monoisotopic (exact) mass is 706 g/mol. The summed E-state index contributed by atoms with van der Waals surface area (Å²) in [6.07, 6.45) is -15.9. The summed E-state index contributed by atoms with van der Waals surface area (Å²) >= 11 is 0. The third kappa shape index (κ3) is 6.77. The minimum Gasteiger partial charge on any atom is -0.481 e. The van der Waals surface area contributed by atoms with Gasteiger partial charge in [-0.05, 0) is 67.1 Å². The second kappa shape index (κ2) is 12.8. The second-order valence-electron chi connectivity index (χ2n) is 12.3. The number of carboxylic acids is 1. The van der Waals surface area contributed by atoms with Gasteiger partial charge >= 0.3 is 24.5 Å². The van der Waals surface area contributed by atoms with E-state index < -0.39 is 95.0 Å². The molecule has 0 spiro atoms. The van der Waals surface area contributed by atoms with E-state index in [0.717, 1.165) is 10.9 Å². The number of hydrogen-bond donors (Lipinski definition) is 1. The number of nitrogens with zero attached hydrogens (tertiary/aromatic N) is 6. The zero-order chi connectivity index (χ0) is 36.1. The molecule has 1 unspecified atom stereocenters. The summed E-state index contributed by atoms with van der Waals surface area (Å²) in [5.74, 6) is -3.56. The van der Waals surface area contributed by atoms with Crippen LogP contribution in [-0.4, -0.2) is 49.4 Å². The van der Waals surface area contributed by atoms with Gasteiger partial charge in [0.05, 0.1) is 24.1 Å². The number of halogens is 9. The van der Waals surface area contributed by atoms with E-state index in [0.29, 0.717) is 17.0 Å². The maximum absolute atomic E-state index is 15.9. The number of aliphatic carboxylic acids is 1. The third-order valence-electron chi connectivity index (χ3n) is 9.30. The molecule has 1 aliphatic carbocycles. The molecule has 2 heterocycles. The van der Waals surface area contributed by atoms with E-state index in [-0.39, 0.29) is 43.9 Å². The summed E-state index contributed by atoms with van der Waals surface area (Å²) in [6, 6.07) is 4.50. The predicted octanol–water partition coefficient (Wildman–Crippen LogP) is 7.12. The van der Waals surface area contributed by atoms with E-state index in [4.69, 9.17) is 0 Å². The Morgan fingerprint density at radius 2 is 1.49 bits per heavy atom. The number of hydrogen-bond acceptors (Lipinski definition) is 6. The fraction of sp³-hybridized carbons (Fsp3) is 0.516. The number of carboxylic acid groups (broad SMARTS) is 1. The Labute approximate surface area is 273 Å². The highest BCUT2D eigenvalue weighted by Gasteiger charge is 2.65. The lowest BCUT2D eigenvalue weighted by Crippen LogP contribution is -2.63. The van der Waals surface area contributed by atoms with Gasteiger partial charge in [-0.15, -0.1) is 5.10 Å². The van der Waals surface area contributed by atoms with E-state index in [9.17, 15) is 41.0 Å². The molecular formula is C31H31F9N6O3. The zero-order valence-electron chi connectivity index (χ0n) is 26.1. The number of carbonyl (C=O) groups is 2. The molecule has 0 radical (unpaired) electrons. The first kappa shape index (κ1) is 35.9. The average Bonchev–Trinajstić information content (AvgIpc) is 3.46. The molecule has 49 heavy (non-hydrogen) atoms. The van der Waals surface area contributed by atoms with Crippen molar-refractivity contribution in [1.29, 1.82) is 0 Å². The van der Waals surface area contributed by atoms with Crippen molar-refractivity contribution < 1.29 is 54.2 Å². The van der Waals surface area contributed by atoms with Gasteiger partial charge in [0.25, 0.3) is 5.95 Å². The molecule has 2 atom stereocenters. The molecule has 1 fully saturated rings. The first-order chi connectivity index (χ1) is 22.8. The Balaban J connectivity index is 1.70. The lowest BCUT2D eigenvalue weighted by molar-refractivity contribution is -0.197. The molecule has 0 saturated heterocycles. The first-order valence-electron chi connectivity index (χ1n) is 15.3. The van der Waals surface area contributed by atoms with Gasteiger partial charge in [0, 0.05) is 36.2 Å². The Bertz CT molecular complexity index is 1670. The van der Waals surface area contributed by atoms with Crippen LogP contribution in [0.2, 0.25) is 0 Å². The molecule has 2 aromatic carbocycles. The third-order valence-corrected chi connectivity index (χ3v) is 9.30. The summed E-state index contributed by atoms with van der Waals surface area (Å²) in [5.41, 5.74) is -7.99. The minimum absolute atomic E-state index is 0.0219. The minimum atomic E-state index is -5.26. The number of fused-ring (bicyclic) bond motifs is 1. The highest BCUT2D eigenvalue weighted by molar-refractivity contribution is 5.97. The van der Waals surface area contributed by atoms with Crippen LogP contribution in [0.15, 0.2) is 42.5 Å². The predicted molar refractivity (Wildman–Crippen MR) is 155 cm³/mol. The fourth-order valence-electron chi connectivity index (χ4n) is 6.91. The van der Waals surface area contributed by atoms with Crippen molar-refractivity contribution in [2.24, 2.45) is 18.9 Å². The van der Waals surface area contributed by atoms with Crippen molar-refractivity contribution in [3.05, 3.63) is 64.7 Å². The van der Waals surface area contributed by atoms with Crippen LogP contribution in [0.5, 0.6) is 0 Å². The van der Waals surface area contributed by atoms with E-state index in [2.05, 4.69) is 15.4 Å². The molecule has 1 N–H and O–H groups in total.